The Balaban J connectivity index is 3.47. The highest BCUT2D eigenvalue weighted by Gasteiger charge is 1.81. The first kappa shape index (κ1) is 8.40. The van der Waals surface area contributed by atoms with Gasteiger partial charge in [0.1, 0.15) is 12.6 Å². The summed E-state index contributed by atoms with van der Waals surface area (Å²) >= 11 is 0. The Kier molecular flexibility index (Phi) is 2.96. The molecule has 0 spiro atoms. The van der Waals surface area contributed by atoms with Crippen LogP contribution < -0.4 is 10.4 Å². The van der Waals surface area contributed by atoms with Gasteiger partial charge in [-0.2, -0.15) is 0 Å². The molecule has 0 fully saturated rings. The molecular weight excluding hydrogens is 152 g/mol. The molecule has 0 amide bonds. The molecule has 0 saturated heterocycles. The summed E-state index contributed by atoms with van der Waals surface area (Å²) in [6, 6.07) is 7.20. The van der Waals surface area contributed by atoms with Crippen molar-refractivity contribution in [3.8, 4) is 0 Å². The zero-order valence-electron chi connectivity index (χ0n) is 6.44. The van der Waals surface area contributed by atoms with Gasteiger partial charge in [-0.1, -0.05) is 24.3 Å². The van der Waals surface area contributed by atoms with Gasteiger partial charge in [0, 0.05) is 0 Å². The number of benzene rings is 1. The molecule has 1 aromatic rings. The fraction of sp³-hybridized carbons (Fsp3) is 0. The summed E-state index contributed by atoms with van der Waals surface area (Å²) in [4.78, 5) is 20.3. The van der Waals surface area contributed by atoms with Crippen molar-refractivity contribution in [2.24, 2.45) is 0 Å². The van der Waals surface area contributed by atoms with Crippen LogP contribution in [0.1, 0.15) is 0 Å². The van der Waals surface area contributed by atoms with Gasteiger partial charge in [-0.25, -0.2) is 0 Å². The predicted octanol–water partition coefficient (Wildman–Crippen LogP) is -0.355. The van der Waals surface area contributed by atoms with Gasteiger partial charge >= 0.3 is 0 Å². The monoisotopic (exact) mass is 160 g/mol. The second-order valence-electron chi connectivity index (χ2n) is 2.23. The Labute approximate surface area is 69.8 Å². The van der Waals surface area contributed by atoms with E-state index in [1.54, 1.807) is 12.1 Å². The van der Waals surface area contributed by atoms with E-state index in [-0.39, 0.29) is 0 Å². The van der Waals surface area contributed by atoms with Gasteiger partial charge in [0.05, 0.1) is 0 Å². The number of hydrogen-bond donors (Lipinski definition) is 0. The van der Waals surface area contributed by atoms with Crippen LogP contribution in [0.15, 0.2) is 24.3 Å². The fourth-order valence-electron chi connectivity index (χ4n) is 0.961. The smallest absolute Gasteiger partial charge is 0.143 e. The van der Waals surface area contributed by atoms with Crippen LogP contribution in [-0.4, -0.2) is 12.6 Å². The molecular formula is C10H8O2. The van der Waals surface area contributed by atoms with E-state index in [4.69, 9.17) is 0 Å². The largest absolute Gasteiger partial charge is 0.299 e. The topological polar surface area (TPSA) is 34.1 Å². The first-order valence-corrected chi connectivity index (χ1v) is 3.54. The van der Waals surface area contributed by atoms with Gasteiger partial charge in [-0.05, 0) is 22.6 Å². The molecule has 0 unspecified atom stereocenters. The molecule has 0 N–H and O–H groups in total. The van der Waals surface area contributed by atoms with Gasteiger partial charge in [0.2, 0.25) is 0 Å². The molecule has 60 valence electrons. The molecule has 0 aliphatic heterocycles. The summed E-state index contributed by atoms with van der Waals surface area (Å²) in [6.45, 7) is 0. The van der Waals surface area contributed by atoms with Crippen molar-refractivity contribution in [1.29, 1.82) is 0 Å². The van der Waals surface area contributed by atoms with Crippen molar-refractivity contribution in [3.05, 3.63) is 34.7 Å². The Bertz CT molecular complexity index is 352. The zero-order chi connectivity index (χ0) is 8.81. The predicted molar refractivity (Wildman–Crippen MR) is 46.8 cm³/mol. The number of carbonyl (C=O) groups excluding carboxylic acids is 2. The quantitative estimate of drug-likeness (QED) is 0.554. The summed E-state index contributed by atoms with van der Waals surface area (Å²) < 4.78 is 0. The van der Waals surface area contributed by atoms with Crippen molar-refractivity contribution in [1.82, 2.24) is 0 Å². The summed E-state index contributed by atoms with van der Waals surface area (Å²) in [7, 11) is 0. The van der Waals surface area contributed by atoms with E-state index in [0.717, 1.165) is 10.4 Å². The minimum Gasteiger partial charge on any atom is -0.299 e. The first-order chi connectivity index (χ1) is 5.88. The molecule has 0 atom stereocenters. The Morgan fingerprint density at radius 3 is 1.58 bits per heavy atom. The van der Waals surface area contributed by atoms with Gasteiger partial charge in [-0.15, -0.1) is 0 Å². The molecule has 0 saturated carbocycles. The van der Waals surface area contributed by atoms with Gasteiger partial charge in [0.25, 0.3) is 0 Å². The van der Waals surface area contributed by atoms with Crippen LogP contribution in [0.4, 0.5) is 0 Å². The normalized spacial score (nSPS) is 13.0. The SMILES string of the molecule is O=C/C=c1/cccc/c1=C\C=O. The molecule has 2 heteroatoms. The second kappa shape index (κ2) is 4.23. The van der Waals surface area contributed by atoms with E-state index in [9.17, 15) is 9.59 Å². The van der Waals surface area contributed by atoms with E-state index in [2.05, 4.69) is 0 Å². The van der Waals surface area contributed by atoms with Gasteiger partial charge in [-0.3, -0.25) is 9.59 Å². The maximum absolute atomic E-state index is 10.2. The van der Waals surface area contributed by atoms with Crippen molar-refractivity contribution in [3.63, 3.8) is 0 Å². The molecule has 0 aliphatic rings. The minimum absolute atomic E-state index is 0.706. The minimum atomic E-state index is 0.706. The third-order valence-corrected chi connectivity index (χ3v) is 1.49. The van der Waals surface area contributed by atoms with Crippen molar-refractivity contribution in [2.75, 3.05) is 0 Å². The van der Waals surface area contributed by atoms with Crippen LogP contribution >= 0.6 is 0 Å². The average molecular weight is 160 g/mol. The summed E-state index contributed by atoms with van der Waals surface area (Å²) in [5.41, 5.74) is 0. The molecule has 0 bridgehead atoms. The summed E-state index contributed by atoms with van der Waals surface area (Å²) in [5.74, 6) is 0. The number of carbonyl (C=O) groups is 2. The van der Waals surface area contributed by atoms with E-state index < -0.39 is 0 Å². The number of rotatable bonds is 2. The lowest BCUT2D eigenvalue weighted by Gasteiger charge is -1.84. The maximum atomic E-state index is 10.2. The molecule has 0 radical (unpaired) electrons. The Morgan fingerprint density at radius 2 is 1.25 bits per heavy atom. The summed E-state index contributed by atoms with van der Waals surface area (Å²) in [5, 5.41) is 1.53. The van der Waals surface area contributed by atoms with Crippen LogP contribution in [0.25, 0.3) is 12.2 Å². The zero-order valence-corrected chi connectivity index (χ0v) is 6.44. The standard InChI is InChI=1S/C10H8O2/c11-7-5-9-3-1-2-4-10(9)6-8-12/h1-8H/b9-5-,10-6+. The van der Waals surface area contributed by atoms with E-state index in [0.29, 0.717) is 12.6 Å². The number of hydrogen-bond acceptors (Lipinski definition) is 2. The van der Waals surface area contributed by atoms with Crippen molar-refractivity contribution < 1.29 is 9.59 Å². The molecule has 2 nitrogen and oxygen atoms in total. The lowest BCUT2D eigenvalue weighted by atomic mass is 10.2. The Morgan fingerprint density at radius 1 is 0.833 bits per heavy atom. The Hall–Kier alpha value is -1.70. The van der Waals surface area contributed by atoms with Crippen LogP contribution in [0.5, 0.6) is 0 Å². The van der Waals surface area contributed by atoms with Crippen LogP contribution in [0.3, 0.4) is 0 Å². The first-order valence-electron chi connectivity index (χ1n) is 3.54. The molecule has 12 heavy (non-hydrogen) atoms. The van der Waals surface area contributed by atoms with E-state index in [1.165, 1.54) is 12.2 Å². The van der Waals surface area contributed by atoms with Crippen LogP contribution in [0, 0.1) is 0 Å². The highest BCUT2D eigenvalue weighted by Crippen LogP contribution is 1.70. The molecule has 1 rings (SSSR count). The third-order valence-electron chi connectivity index (χ3n) is 1.49. The second-order valence-corrected chi connectivity index (χ2v) is 2.23. The van der Waals surface area contributed by atoms with Gasteiger partial charge in [0.15, 0.2) is 0 Å². The lowest BCUT2D eigenvalue weighted by Crippen LogP contribution is -2.23. The van der Waals surface area contributed by atoms with Crippen LogP contribution in [-0.2, 0) is 9.59 Å². The highest BCUT2D eigenvalue weighted by atomic mass is 16.1. The third kappa shape index (κ3) is 1.89. The van der Waals surface area contributed by atoms with Gasteiger partial charge < -0.3 is 0 Å². The summed E-state index contributed by atoms with van der Waals surface area (Å²) in [6.07, 6.45) is 4.26. The number of aldehydes is 2. The van der Waals surface area contributed by atoms with Crippen molar-refractivity contribution >= 4 is 24.7 Å². The lowest BCUT2D eigenvalue weighted by molar-refractivity contribution is -0.103. The maximum Gasteiger partial charge on any atom is 0.143 e. The highest BCUT2D eigenvalue weighted by molar-refractivity contribution is 5.89. The average Bonchev–Trinajstić information content (AvgIpc) is 2.09. The van der Waals surface area contributed by atoms with E-state index in [1.807, 2.05) is 12.1 Å². The molecule has 0 heterocycles. The fourth-order valence-corrected chi connectivity index (χ4v) is 0.961. The van der Waals surface area contributed by atoms with Crippen LogP contribution in [0.2, 0.25) is 0 Å². The molecule has 0 aliphatic carbocycles. The molecule has 0 aromatic heterocycles. The molecule has 1 aromatic carbocycles. The van der Waals surface area contributed by atoms with E-state index >= 15 is 0 Å². The van der Waals surface area contributed by atoms with Crippen molar-refractivity contribution in [2.45, 2.75) is 0 Å².